The molecule has 0 aromatic heterocycles. The smallest absolute Gasteiger partial charge is 0.337 e. The van der Waals surface area contributed by atoms with Gasteiger partial charge in [0.25, 0.3) is 0 Å². The SMILES string of the molecule is O=C(O)C1=CNOC=C1.c1ccccc1. The van der Waals surface area contributed by atoms with Crippen LogP contribution in [0.2, 0.25) is 0 Å². The molecule has 4 nitrogen and oxygen atoms in total. The summed E-state index contributed by atoms with van der Waals surface area (Å²) in [6.45, 7) is 0. The summed E-state index contributed by atoms with van der Waals surface area (Å²) in [5.41, 5.74) is 2.47. The highest BCUT2D eigenvalue weighted by molar-refractivity contribution is 5.89. The zero-order chi connectivity index (χ0) is 10.9. The minimum atomic E-state index is -0.970. The van der Waals surface area contributed by atoms with Crippen molar-refractivity contribution in [3.63, 3.8) is 0 Å². The summed E-state index contributed by atoms with van der Waals surface area (Å²) < 4.78 is 0. The molecule has 0 saturated heterocycles. The summed E-state index contributed by atoms with van der Waals surface area (Å²) in [6, 6.07) is 12.0. The molecular formula is C11H11NO3. The third-order valence-corrected chi connectivity index (χ3v) is 1.51. The Morgan fingerprint density at radius 2 is 1.67 bits per heavy atom. The summed E-state index contributed by atoms with van der Waals surface area (Å²) in [6.07, 6.45) is 3.89. The molecule has 15 heavy (non-hydrogen) atoms. The van der Waals surface area contributed by atoms with Crippen molar-refractivity contribution < 1.29 is 14.7 Å². The highest BCUT2D eigenvalue weighted by Crippen LogP contribution is 1.98. The van der Waals surface area contributed by atoms with E-state index in [9.17, 15) is 4.79 Å². The van der Waals surface area contributed by atoms with Crippen LogP contribution in [0.15, 0.2) is 60.5 Å². The Balaban J connectivity index is 0.000000162. The number of hydroxylamine groups is 1. The van der Waals surface area contributed by atoms with Crippen molar-refractivity contribution in [2.24, 2.45) is 0 Å². The third kappa shape index (κ3) is 4.52. The summed E-state index contributed by atoms with van der Waals surface area (Å²) in [5, 5.41) is 8.32. The van der Waals surface area contributed by atoms with Gasteiger partial charge in [-0.1, -0.05) is 36.4 Å². The fraction of sp³-hybridized carbons (Fsp3) is 0. The average Bonchev–Trinajstić information content (AvgIpc) is 2.33. The van der Waals surface area contributed by atoms with Gasteiger partial charge in [-0.2, -0.15) is 0 Å². The highest BCUT2D eigenvalue weighted by Gasteiger charge is 2.04. The van der Waals surface area contributed by atoms with Gasteiger partial charge in [-0.05, 0) is 6.08 Å². The second-order valence-electron chi connectivity index (χ2n) is 2.60. The van der Waals surface area contributed by atoms with Crippen LogP contribution < -0.4 is 5.48 Å². The number of aliphatic carboxylic acids is 1. The van der Waals surface area contributed by atoms with E-state index in [-0.39, 0.29) is 5.57 Å². The Bertz CT molecular complexity index is 331. The number of nitrogens with one attached hydrogen (secondary N) is 1. The van der Waals surface area contributed by atoms with Gasteiger partial charge < -0.3 is 9.94 Å². The molecular weight excluding hydrogens is 194 g/mol. The van der Waals surface area contributed by atoms with E-state index >= 15 is 0 Å². The van der Waals surface area contributed by atoms with Gasteiger partial charge >= 0.3 is 5.97 Å². The van der Waals surface area contributed by atoms with Crippen LogP contribution in [0.1, 0.15) is 0 Å². The van der Waals surface area contributed by atoms with Gasteiger partial charge in [-0.15, -0.1) is 0 Å². The minimum Gasteiger partial charge on any atom is -0.478 e. The van der Waals surface area contributed by atoms with Crippen LogP contribution >= 0.6 is 0 Å². The molecule has 1 aliphatic heterocycles. The van der Waals surface area contributed by atoms with E-state index in [0.717, 1.165) is 0 Å². The van der Waals surface area contributed by atoms with Crippen LogP contribution in [-0.4, -0.2) is 11.1 Å². The van der Waals surface area contributed by atoms with E-state index in [1.165, 1.54) is 18.5 Å². The second kappa shape index (κ2) is 6.26. The minimum absolute atomic E-state index is 0.182. The number of rotatable bonds is 1. The largest absolute Gasteiger partial charge is 0.478 e. The summed E-state index contributed by atoms with van der Waals surface area (Å²) in [5.74, 6) is -0.970. The van der Waals surface area contributed by atoms with Crippen LogP contribution in [0.5, 0.6) is 0 Å². The first-order chi connectivity index (χ1) is 7.30. The maximum Gasteiger partial charge on any atom is 0.337 e. The van der Waals surface area contributed by atoms with Crippen LogP contribution in [-0.2, 0) is 9.63 Å². The van der Waals surface area contributed by atoms with Gasteiger partial charge in [0.2, 0.25) is 0 Å². The quantitative estimate of drug-likeness (QED) is 0.732. The Hall–Kier alpha value is -2.23. The van der Waals surface area contributed by atoms with Gasteiger partial charge in [0.15, 0.2) is 0 Å². The Kier molecular flexibility index (Phi) is 4.53. The van der Waals surface area contributed by atoms with Crippen molar-refractivity contribution >= 4 is 5.97 Å². The molecule has 2 rings (SSSR count). The van der Waals surface area contributed by atoms with Crippen molar-refractivity contribution in [1.82, 2.24) is 5.48 Å². The number of carbonyl (C=O) groups is 1. The molecule has 0 bridgehead atoms. The molecule has 1 aliphatic rings. The number of hydrogen-bond acceptors (Lipinski definition) is 3. The maximum absolute atomic E-state index is 10.1. The van der Waals surface area contributed by atoms with Crippen LogP contribution in [0.25, 0.3) is 0 Å². The molecule has 0 amide bonds. The third-order valence-electron chi connectivity index (χ3n) is 1.51. The molecule has 0 atom stereocenters. The van der Waals surface area contributed by atoms with Crippen molar-refractivity contribution in [3.05, 3.63) is 60.5 Å². The van der Waals surface area contributed by atoms with Crippen LogP contribution in [0.4, 0.5) is 0 Å². The number of carboxylic acid groups (broad SMARTS) is 1. The Morgan fingerprint density at radius 3 is 1.93 bits per heavy atom. The van der Waals surface area contributed by atoms with E-state index in [1.54, 1.807) is 0 Å². The number of carboxylic acids is 1. The first kappa shape index (κ1) is 10.8. The van der Waals surface area contributed by atoms with Gasteiger partial charge in [0.05, 0.1) is 11.8 Å². The lowest BCUT2D eigenvalue weighted by Gasteiger charge is -2.03. The predicted molar refractivity (Wildman–Crippen MR) is 55.5 cm³/mol. The lowest BCUT2D eigenvalue weighted by molar-refractivity contribution is -0.132. The van der Waals surface area contributed by atoms with Gasteiger partial charge in [-0.3, -0.25) is 0 Å². The Morgan fingerprint density at radius 1 is 1.13 bits per heavy atom. The van der Waals surface area contributed by atoms with Crippen molar-refractivity contribution in [1.29, 1.82) is 0 Å². The lowest BCUT2D eigenvalue weighted by Crippen LogP contribution is -2.10. The van der Waals surface area contributed by atoms with E-state index < -0.39 is 5.97 Å². The van der Waals surface area contributed by atoms with E-state index in [0.29, 0.717) is 0 Å². The van der Waals surface area contributed by atoms with E-state index in [1.807, 2.05) is 36.4 Å². The molecule has 0 radical (unpaired) electrons. The standard InChI is InChI=1S/C6H6.C5H5NO3/c1-2-4-6-5-3-1;7-5(8)4-1-2-9-6-3-4/h1-6H;1-3,6H,(H,7,8). The summed E-state index contributed by atoms with van der Waals surface area (Å²) >= 11 is 0. The van der Waals surface area contributed by atoms with Crippen molar-refractivity contribution in [2.45, 2.75) is 0 Å². The molecule has 0 aliphatic carbocycles. The second-order valence-corrected chi connectivity index (χ2v) is 2.60. The van der Waals surface area contributed by atoms with Gasteiger partial charge in [0.1, 0.15) is 6.26 Å². The lowest BCUT2D eigenvalue weighted by atomic mass is 10.3. The highest BCUT2D eigenvalue weighted by atomic mass is 16.6. The first-order valence-corrected chi connectivity index (χ1v) is 4.32. The molecule has 1 aromatic carbocycles. The molecule has 1 heterocycles. The van der Waals surface area contributed by atoms with Gasteiger partial charge in [-0.25, -0.2) is 10.3 Å². The normalized spacial score (nSPS) is 12.4. The zero-order valence-corrected chi connectivity index (χ0v) is 7.96. The first-order valence-electron chi connectivity index (χ1n) is 4.32. The number of benzene rings is 1. The molecule has 0 unspecified atom stereocenters. The molecule has 78 valence electrons. The Labute approximate surface area is 87.5 Å². The average molecular weight is 205 g/mol. The molecule has 0 spiro atoms. The summed E-state index contributed by atoms with van der Waals surface area (Å²) in [4.78, 5) is 14.6. The molecule has 2 N–H and O–H groups in total. The van der Waals surface area contributed by atoms with Crippen LogP contribution in [0.3, 0.4) is 0 Å². The predicted octanol–water partition coefficient (Wildman–Crippen LogP) is 1.69. The van der Waals surface area contributed by atoms with Gasteiger partial charge in [0, 0.05) is 0 Å². The fourth-order valence-electron chi connectivity index (χ4n) is 0.810. The van der Waals surface area contributed by atoms with Crippen molar-refractivity contribution in [2.75, 3.05) is 0 Å². The van der Waals surface area contributed by atoms with Crippen molar-refractivity contribution in [3.8, 4) is 0 Å². The monoisotopic (exact) mass is 205 g/mol. The van der Waals surface area contributed by atoms with Crippen LogP contribution in [0, 0.1) is 0 Å². The topological polar surface area (TPSA) is 58.6 Å². The molecule has 0 fully saturated rings. The molecule has 0 saturated carbocycles. The maximum atomic E-state index is 10.1. The fourth-order valence-corrected chi connectivity index (χ4v) is 0.810. The molecule has 4 heteroatoms. The van der Waals surface area contributed by atoms with E-state index in [2.05, 4.69) is 10.3 Å². The summed E-state index contributed by atoms with van der Waals surface area (Å²) in [7, 11) is 0. The van der Waals surface area contributed by atoms with E-state index in [4.69, 9.17) is 5.11 Å². The zero-order valence-electron chi connectivity index (χ0n) is 7.96. The molecule has 1 aromatic rings. The number of hydrogen-bond donors (Lipinski definition) is 2.